The number of likely N-dealkylation sites (tertiary alicyclic amines) is 1. The number of carbonyl (C=O) groups is 1. The molecule has 1 aromatic carbocycles. The molecule has 1 fully saturated rings. The first kappa shape index (κ1) is 17.8. The Kier molecular flexibility index (Phi) is 5.25. The molecule has 0 unspecified atom stereocenters. The molecule has 4 rings (SSSR count). The van der Waals surface area contributed by atoms with Gasteiger partial charge in [0.2, 0.25) is 11.8 Å². The Morgan fingerprint density at radius 1 is 1.19 bits per heavy atom. The number of piperidine rings is 1. The molecule has 7 heteroatoms. The minimum absolute atomic E-state index is 0.134. The van der Waals surface area contributed by atoms with E-state index in [0.29, 0.717) is 29.8 Å². The van der Waals surface area contributed by atoms with Crippen molar-refractivity contribution in [3.05, 3.63) is 59.4 Å². The van der Waals surface area contributed by atoms with E-state index < -0.39 is 0 Å². The number of carbonyl (C=O) groups excluding carboxylic acids is 1. The summed E-state index contributed by atoms with van der Waals surface area (Å²) < 4.78 is 7.55. The average Bonchev–Trinajstić information content (AvgIpc) is 3.16. The minimum atomic E-state index is 0.134. The highest BCUT2D eigenvalue weighted by Crippen LogP contribution is 2.21. The molecule has 3 aromatic rings. The number of rotatable bonds is 5. The van der Waals surface area contributed by atoms with Crippen molar-refractivity contribution in [2.75, 3.05) is 19.7 Å². The summed E-state index contributed by atoms with van der Waals surface area (Å²) in [4.78, 5) is 18.6. The lowest BCUT2D eigenvalue weighted by Crippen LogP contribution is -2.40. The third kappa shape index (κ3) is 4.22. The number of amides is 1. The van der Waals surface area contributed by atoms with Gasteiger partial charge in [0.15, 0.2) is 5.65 Å². The second-order valence-electron chi connectivity index (χ2n) is 6.80. The maximum Gasteiger partial charge on any atom is 0.231 e. The summed E-state index contributed by atoms with van der Waals surface area (Å²) in [5, 5.41) is 5.02. The van der Waals surface area contributed by atoms with Crippen LogP contribution in [0.25, 0.3) is 5.65 Å². The maximum absolute atomic E-state index is 12.5. The topological polar surface area (TPSA) is 59.7 Å². The smallest absolute Gasteiger partial charge is 0.231 e. The van der Waals surface area contributed by atoms with Crippen LogP contribution in [-0.2, 0) is 11.2 Å². The molecular weight excluding hydrogens is 364 g/mol. The summed E-state index contributed by atoms with van der Waals surface area (Å²) >= 11 is 6.16. The van der Waals surface area contributed by atoms with E-state index in [9.17, 15) is 4.79 Å². The van der Waals surface area contributed by atoms with Gasteiger partial charge in [-0.05, 0) is 36.5 Å². The third-order valence-corrected chi connectivity index (χ3v) is 5.33. The van der Waals surface area contributed by atoms with Crippen LogP contribution in [0.3, 0.4) is 0 Å². The van der Waals surface area contributed by atoms with Gasteiger partial charge in [-0.1, -0.05) is 29.8 Å². The largest absolute Gasteiger partial charge is 0.476 e. The molecule has 0 spiro atoms. The summed E-state index contributed by atoms with van der Waals surface area (Å²) in [5.41, 5.74) is 1.68. The zero-order chi connectivity index (χ0) is 18.6. The predicted molar refractivity (Wildman–Crippen MR) is 103 cm³/mol. The molecule has 2 aromatic heterocycles. The molecule has 1 aliphatic heterocycles. The lowest BCUT2D eigenvalue weighted by atomic mass is 9.97. The van der Waals surface area contributed by atoms with E-state index >= 15 is 0 Å². The van der Waals surface area contributed by atoms with Crippen LogP contribution >= 0.6 is 11.6 Å². The zero-order valence-corrected chi connectivity index (χ0v) is 15.7. The minimum Gasteiger partial charge on any atom is -0.476 e. The highest BCUT2D eigenvalue weighted by atomic mass is 35.5. The van der Waals surface area contributed by atoms with Crippen molar-refractivity contribution in [1.82, 2.24) is 19.5 Å². The fraction of sp³-hybridized carbons (Fsp3) is 0.350. The number of benzene rings is 1. The van der Waals surface area contributed by atoms with Gasteiger partial charge < -0.3 is 9.64 Å². The zero-order valence-electron chi connectivity index (χ0n) is 14.9. The maximum atomic E-state index is 12.5. The second-order valence-corrected chi connectivity index (χ2v) is 7.21. The molecule has 27 heavy (non-hydrogen) atoms. The SMILES string of the molecule is O=C(Cc1ccccc1Cl)N1CCC(COc2ccc3nccn3n2)CC1. The third-order valence-electron chi connectivity index (χ3n) is 4.96. The van der Waals surface area contributed by atoms with Gasteiger partial charge in [0.25, 0.3) is 0 Å². The van der Waals surface area contributed by atoms with Crippen molar-refractivity contribution in [2.45, 2.75) is 19.3 Å². The van der Waals surface area contributed by atoms with E-state index in [4.69, 9.17) is 16.3 Å². The molecular formula is C20H21ClN4O2. The van der Waals surface area contributed by atoms with E-state index in [0.717, 1.165) is 37.1 Å². The molecule has 3 heterocycles. The molecule has 0 atom stereocenters. The molecule has 0 radical (unpaired) electrons. The van der Waals surface area contributed by atoms with Crippen molar-refractivity contribution in [3.8, 4) is 5.88 Å². The Morgan fingerprint density at radius 3 is 2.81 bits per heavy atom. The molecule has 140 valence electrons. The number of fused-ring (bicyclic) bond motifs is 1. The first-order valence-corrected chi connectivity index (χ1v) is 9.51. The fourth-order valence-electron chi connectivity index (χ4n) is 3.34. The van der Waals surface area contributed by atoms with Gasteiger partial charge in [0.1, 0.15) is 0 Å². The predicted octanol–water partition coefficient (Wildman–Crippen LogP) is 3.24. The first-order chi connectivity index (χ1) is 13.2. The molecule has 0 aliphatic carbocycles. The quantitative estimate of drug-likeness (QED) is 0.677. The first-order valence-electron chi connectivity index (χ1n) is 9.13. The number of hydrogen-bond donors (Lipinski definition) is 0. The summed E-state index contributed by atoms with van der Waals surface area (Å²) in [6.45, 7) is 2.12. The van der Waals surface area contributed by atoms with Gasteiger partial charge in [-0.15, -0.1) is 5.10 Å². The van der Waals surface area contributed by atoms with Gasteiger partial charge in [-0.25, -0.2) is 9.50 Å². The Morgan fingerprint density at radius 2 is 2.00 bits per heavy atom. The van der Waals surface area contributed by atoms with Crippen LogP contribution in [0.4, 0.5) is 0 Å². The molecule has 6 nitrogen and oxygen atoms in total. The van der Waals surface area contributed by atoms with Crippen LogP contribution in [0.15, 0.2) is 48.8 Å². The Bertz CT molecular complexity index is 934. The van der Waals surface area contributed by atoms with Gasteiger partial charge in [-0.3, -0.25) is 4.79 Å². The normalized spacial score (nSPS) is 15.2. The summed E-state index contributed by atoms with van der Waals surface area (Å²) in [7, 11) is 0. The van der Waals surface area contributed by atoms with E-state index in [1.165, 1.54) is 0 Å². The standard InChI is InChI=1S/C20H21ClN4O2/c21-17-4-2-1-3-16(17)13-20(26)24-10-7-15(8-11-24)14-27-19-6-5-18-22-9-12-25(18)23-19/h1-6,9,12,15H,7-8,10-11,13-14H2. The average molecular weight is 385 g/mol. The van der Waals surface area contributed by atoms with Crippen molar-refractivity contribution >= 4 is 23.2 Å². The second kappa shape index (κ2) is 7.96. The lowest BCUT2D eigenvalue weighted by molar-refractivity contribution is -0.132. The highest BCUT2D eigenvalue weighted by Gasteiger charge is 2.23. The van der Waals surface area contributed by atoms with Crippen molar-refractivity contribution < 1.29 is 9.53 Å². The number of aromatic nitrogens is 3. The Labute approximate surface area is 162 Å². The van der Waals surface area contributed by atoms with E-state index in [-0.39, 0.29) is 5.91 Å². The number of hydrogen-bond acceptors (Lipinski definition) is 4. The highest BCUT2D eigenvalue weighted by molar-refractivity contribution is 6.31. The van der Waals surface area contributed by atoms with Gasteiger partial charge in [0.05, 0.1) is 13.0 Å². The monoisotopic (exact) mass is 384 g/mol. The van der Waals surface area contributed by atoms with Gasteiger partial charge in [0, 0.05) is 36.6 Å². The van der Waals surface area contributed by atoms with Crippen molar-refractivity contribution in [2.24, 2.45) is 5.92 Å². The molecule has 0 saturated carbocycles. The van der Waals surface area contributed by atoms with Crippen LogP contribution in [0.2, 0.25) is 5.02 Å². The molecule has 1 saturated heterocycles. The number of imidazole rings is 1. The molecule has 0 N–H and O–H groups in total. The summed E-state index contributed by atoms with van der Waals surface area (Å²) in [5.74, 6) is 1.15. The molecule has 1 aliphatic rings. The number of ether oxygens (including phenoxy) is 1. The van der Waals surface area contributed by atoms with Gasteiger partial charge >= 0.3 is 0 Å². The van der Waals surface area contributed by atoms with E-state index in [2.05, 4.69) is 10.1 Å². The van der Waals surface area contributed by atoms with E-state index in [1.807, 2.05) is 41.3 Å². The Balaban J connectivity index is 1.26. The van der Waals surface area contributed by atoms with Crippen molar-refractivity contribution in [1.29, 1.82) is 0 Å². The van der Waals surface area contributed by atoms with Crippen LogP contribution in [0.5, 0.6) is 5.88 Å². The Hall–Kier alpha value is -2.60. The summed E-state index contributed by atoms with van der Waals surface area (Å²) in [6, 6.07) is 11.2. The van der Waals surface area contributed by atoms with Crippen LogP contribution in [-0.4, -0.2) is 45.1 Å². The van der Waals surface area contributed by atoms with E-state index in [1.54, 1.807) is 16.9 Å². The molecule has 1 amide bonds. The molecule has 0 bridgehead atoms. The summed E-state index contributed by atoms with van der Waals surface area (Å²) in [6.07, 6.45) is 5.73. The van der Waals surface area contributed by atoms with Crippen LogP contribution < -0.4 is 4.74 Å². The van der Waals surface area contributed by atoms with Crippen LogP contribution in [0, 0.1) is 5.92 Å². The van der Waals surface area contributed by atoms with Crippen molar-refractivity contribution in [3.63, 3.8) is 0 Å². The van der Waals surface area contributed by atoms with Crippen LogP contribution in [0.1, 0.15) is 18.4 Å². The lowest BCUT2D eigenvalue weighted by Gasteiger charge is -2.32. The fourth-order valence-corrected chi connectivity index (χ4v) is 3.55. The van der Waals surface area contributed by atoms with Gasteiger partial charge in [-0.2, -0.15) is 0 Å². The number of nitrogens with zero attached hydrogens (tertiary/aromatic N) is 4. The number of halogens is 1.